The number of aryl methyl sites for hydroxylation is 1. The van der Waals surface area contributed by atoms with Crippen molar-refractivity contribution >= 4 is 57.2 Å². The summed E-state index contributed by atoms with van der Waals surface area (Å²) in [7, 11) is 3.91. The minimum Gasteiger partial charge on any atom is -0.357 e. The highest BCUT2D eigenvalue weighted by molar-refractivity contribution is 14.0. The number of hydrogen-bond donors (Lipinski definition) is 1. The van der Waals surface area contributed by atoms with Gasteiger partial charge in [-0.25, -0.2) is 9.98 Å². The van der Waals surface area contributed by atoms with E-state index in [1.165, 1.54) is 4.88 Å². The molecule has 0 unspecified atom stereocenters. The SMILES string of the molecule is CCNC(=NCc1ncnn1C)N(C)Cc1ccc(Br)s1.I. The summed E-state index contributed by atoms with van der Waals surface area (Å²) in [6.45, 7) is 4.22. The molecule has 0 aliphatic heterocycles. The van der Waals surface area contributed by atoms with Crippen molar-refractivity contribution in [2.75, 3.05) is 13.6 Å². The lowest BCUT2D eigenvalue weighted by molar-refractivity contribution is 0.480. The molecule has 0 aliphatic carbocycles. The molecule has 0 amide bonds. The van der Waals surface area contributed by atoms with E-state index in [1.54, 1.807) is 22.3 Å². The van der Waals surface area contributed by atoms with Crippen LogP contribution in [-0.4, -0.2) is 39.2 Å². The summed E-state index contributed by atoms with van der Waals surface area (Å²) < 4.78 is 2.88. The van der Waals surface area contributed by atoms with E-state index in [4.69, 9.17) is 0 Å². The Labute approximate surface area is 160 Å². The maximum Gasteiger partial charge on any atom is 0.194 e. The Hall–Kier alpha value is -0.680. The number of aliphatic imine (C=N–C) groups is 1. The third kappa shape index (κ3) is 5.51. The van der Waals surface area contributed by atoms with Crippen molar-refractivity contribution in [3.8, 4) is 0 Å². The molecule has 1 N–H and O–H groups in total. The molecule has 0 radical (unpaired) electrons. The lowest BCUT2D eigenvalue weighted by Crippen LogP contribution is -2.38. The van der Waals surface area contributed by atoms with Gasteiger partial charge in [-0.2, -0.15) is 5.10 Å². The van der Waals surface area contributed by atoms with Gasteiger partial charge in [-0.15, -0.1) is 35.3 Å². The average molecular weight is 499 g/mol. The molecule has 2 aromatic rings. The van der Waals surface area contributed by atoms with Crippen molar-refractivity contribution in [3.05, 3.63) is 32.9 Å². The van der Waals surface area contributed by atoms with Gasteiger partial charge in [0.2, 0.25) is 0 Å². The molecule has 2 rings (SSSR count). The second kappa shape index (κ2) is 9.46. The van der Waals surface area contributed by atoms with Crippen LogP contribution in [0.25, 0.3) is 0 Å². The second-order valence-electron chi connectivity index (χ2n) is 4.53. The number of rotatable bonds is 5. The van der Waals surface area contributed by atoms with Crippen molar-refractivity contribution in [1.29, 1.82) is 0 Å². The van der Waals surface area contributed by atoms with Crippen LogP contribution in [0, 0.1) is 0 Å². The first-order valence-corrected chi connectivity index (χ1v) is 8.27. The summed E-state index contributed by atoms with van der Waals surface area (Å²) in [6.07, 6.45) is 1.55. The van der Waals surface area contributed by atoms with Crippen LogP contribution in [0.3, 0.4) is 0 Å². The fraction of sp³-hybridized carbons (Fsp3) is 0.462. The highest BCUT2D eigenvalue weighted by atomic mass is 127. The van der Waals surface area contributed by atoms with E-state index in [0.29, 0.717) is 6.54 Å². The van der Waals surface area contributed by atoms with Crippen LogP contribution in [0.4, 0.5) is 0 Å². The van der Waals surface area contributed by atoms with Crippen LogP contribution in [0.5, 0.6) is 0 Å². The van der Waals surface area contributed by atoms with E-state index >= 15 is 0 Å². The largest absolute Gasteiger partial charge is 0.357 e. The maximum absolute atomic E-state index is 4.62. The molecule has 0 atom stereocenters. The highest BCUT2D eigenvalue weighted by Gasteiger charge is 2.09. The van der Waals surface area contributed by atoms with Gasteiger partial charge in [-0.05, 0) is 35.0 Å². The number of aromatic nitrogens is 3. The molecule has 2 aromatic heterocycles. The van der Waals surface area contributed by atoms with E-state index in [1.807, 2.05) is 14.1 Å². The standard InChI is InChI=1S/C13H19BrN6S.HI/c1-4-15-13(16-7-12-17-9-18-20(12)3)19(2)8-10-5-6-11(14)21-10;/h5-6,9H,4,7-8H2,1-3H3,(H,15,16);1H. The van der Waals surface area contributed by atoms with E-state index in [-0.39, 0.29) is 24.0 Å². The minimum absolute atomic E-state index is 0. The van der Waals surface area contributed by atoms with E-state index < -0.39 is 0 Å². The third-order valence-corrected chi connectivity index (χ3v) is 4.50. The Morgan fingerprint density at radius 2 is 2.27 bits per heavy atom. The second-order valence-corrected chi connectivity index (χ2v) is 7.08. The number of thiophene rings is 1. The summed E-state index contributed by atoms with van der Waals surface area (Å²) in [6, 6.07) is 4.19. The molecule has 0 saturated heterocycles. The topological polar surface area (TPSA) is 58.3 Å². The van der Waals surface area contributed by atoms with Gasteiger partial charge >= 0.3 is 0 Å². The fourth-order valence-electron chi connectivity index (χ4n) is 1.82. The molecular formula is C13H20BrIN6S. The monoisotopic (exact) mass is 498 g/mol. The molecular weight excluding hydrogens is 479 g/mol. The quantitative estimate of drug-likeness (QED) is 0.391. The molecule has 2 heterocycles. The van der Waals surface area contributed by atoms with Crippen molar-refractivity contribution in [2.24, 2.45) is 12.0 Å². The molecule has 0 bridgehead atoms. The van der Waals surface area contributed by atoms with Crippen molar-refractivity contribution < 1.29 is 0 Å². The van der Waals surface area contributed by atoms with Crippen molar-refractivity contribution in [3.63, 3.8) is 0 Å². The minimum atomic E-state index is 0. The van der Waals surface area contributed by atoms with E-state index in [0.717, 1.165) is 28.7 Å². The molecule has 9 heteroatoms. The van der Waals surface area contributed by atoms with Crippen molar-refractivity contribution in [2.45, 2.75) is 20.0 Å². The Bertz CT molecular complexity index is 611. The molecule has 122 valence electrons. The van der Waals surface area contributed by atoms with Gasteiger partial charge < -0.3 is 10.2 Å². The van der Waals surface area contributed by atoms with E-state index in [2.05, 4.69) is 60.3 Å². The lowest BCUT2D eigenvalue weighted by atomic mass is 10.4. The third-order valence-electron chi connectivity index (χ3n) is 2.89. The number of hydrogen-bond acceptors (Lipinski definition) is 4. The van der Waals surface area contributed by atoms with Gasteiger partial charge in [0.05, 0.1) is 10.3 Å². The fourth-order valence-corrected chi connectivity index (χ4v) is 3.36. The van der Waals surface area contributed by atoms with Crippen molar-refractivity contribution in [1.82, 2.24) is 25.0 Å². The summed E-state index contributed by atoms with van der Waals surface area (Å²) in [4.78, 5) is 12.2. The summed E-state index contributed by atoms with van der Waals surface area (Å²) in [5, 5.41) is 7.36. The Morgan fingerprint density at radius 1 is 1.50 bits per heavy atom. The predicted molar refractivity (Wildman–Crippen MR) is 105 cm³/mol. The number of halogens is 2. The normalized spacial score (nSPS) is 11.2. The van der Waals surface area contributed by atoms with Gasteiger partial charge in [0, 0.05) is 25.5 Å². The zero-order chi connectivity index (χ0) is 15.2. The van der Waals surface area contributed by atoms with Crippen LogP contribution < -0.4 is 5.32 Å². The van der Waals surface area contributed by atoms with Gasteiger partial charge in [-0.3, -0.25) is 4.68 Å². The van der Waals surface area contributed by atoms with Crippen LogP contribution in [0.1, 0.15) is 17.6 Å². The molecule has 0 aromatic carbocycles. The van der Waals surface area contributed by atoms with Gasteiger partial charge in [0.25, 0.3) is 0 Å². The smallest absolute Gasteiger partial charge is 0.194 e. The van der Waals surface area contributed by atoms with Gasteiger partial charge in [0.1, 0.15) is 18.7 Å². The summed E-state index contributed by atoms with van der Waals surface area (Å²) >= 11 is 5.23. The molecule has 0 spiro atoms. The first-order chi connectivity index (χ1) is 10.1. The zero-order valence-corrected chi connectivity index (χ0v) is 17.5. The lowest BCUT2D eigenvalue weighted by Gasteiger charge is -2.21. The van der Waals surface area contributed by atoms with E-state index in [9.17, 15) is 0 Å². The Kier molecular flexibility index (Phi) is 8.33. The van der Waals surface area contributed by atoms with Gasteiger partial charge in [0.15, 0.2) is 5.96 Å². The molecule has 0 saturated carbocycles. The predicted octanol–water partition coefficient (Wildman–Crippen LogP) is 2.85. The summed E-state index contributed by atoms with van der Waals surface area (Å²) in [5.74, 6) is 1.71. The van der Waals surface area contributed by atoms with Crippen LogP contribution in [0.15, 0.2) is 27.2 Å². The number of nitrogens with zero attached hydrogens (tertiary/aromatic N) is 5. The molecule has 22 heavy (non-hydrogen) atoms. The van der Waals surface area contributed by atoms with Gasteiger partial charge in [-0.1, -0.05) is 0 Å². The molecule has 0 fully saturated rings. The first kappa shape index (κ1) is 19.4. The number of guanidine groups is 1. The number of nitrogens with one attached hydrogen (secondary N) is 1. The maximum atomic E-state index is 4.62. The van der Waals surface area contributed by atoms with Crippen LogP contribution in [0.2, 0.25) is 0 Å². The zero-order valence-electron chi connectivity index (χ0n) is 12.8. The summed E-state index contributed by atoms with van der Waals surface area (Å²) in [5.41, 5.74) is 0. The van der Waals surface area contributed by atoms with Crippen LogP contribution in [-0.2, 0) is 20.1 Å². The van der Waals surface area contributed by atoms with Crippen LogP contribution >= 0.6 is 51.2 Å². The molecule has 6 nitrogen and oxygen atoms in total. The molecule has 0 aliphatic rings. The first-order valence-electron chi connectivity index (χ1n) is 6.66. The average Bonchev–Trinajstić information content (AvgIpc) is 3.03. The highest BCUT2D eigenvalue weighted by Crippen LogP contribution is 2.22. The Morgan fingerprint density at radius 3 is 2.82 bits per heavy atom. The Balaban J connectivity index is 0.00000242.